The highest BCUT2D eigenvalue weighted by molar-refractivity contribution is 7.92. The summed E-state index contributed by atoms with van der Waals surface area (Å²) >= 11 is 0. The van der Waals surface area contributed by atoms with Crippen molar-refractivity contribution >= 4 is 77.2 Å². The van der Waals surface area contributed by atoms with Gasteiger partial charge in [0.25, 0.3) is 5.91 Å². The van der Waals surface area contributed by atoms with Crippen molar-refractivity contribution in [3.63, 3.8) is 0 Å². The first kappa shape index (κ1) is 82.4. The molecule has 12 rings (SSSR count). The number of sulfonamides is 2. The summed E-state index contributed by atoms with van der Waals surface area (Å²) in [4.78, 5) is 92.5. The molecule has 590 valence electrons. The van der Waals surface area contributed by atoms with E-state index in [4.69, 9.17) is 19.9 Å². The van der Waals surface area contributed by atoms with E-state index in [1.165, 1.54) is 43.5 Å². The number of Topliss-reactive ketones (excluding diaryl/α,β-unsaturated/α-hetero) is 1. The van der Waals surface area contributed by atoms with Crippen LogP contribution < -0.4 is 34.1 Å². The molecule has 10 atom stereocenters. The first-order valence-electron chi connectivity index (χ1n) is 37.0. The number of benzene rings is 2. The fraction of sp³-hybridized carbons (Fsp3) is 0.590. The fourth-order valence-electron chi connectivity index (χ4n) is 15.5. The second-order valence-electron chi connectivity index (χ2n) is 31.3. The monoisotopic (exact) mass is 1550 g/mol. The van der Waals surface area contributed by atoms with E-state index in [1.54, 1.807) is 49.6 Å². The highest BCUT2D eigenvalue weighted by Gasteiger charge is 2.64. The van der Waals surface area contributed by atoms with Crippen molar-refractivity contribution in [3.8, 4) is 23.0 Å². The Bertz CT molecular complexity index is 4450. The Morgan fingerprint density at radius 2 is 1.05 bits per heavy atom. The molecule has 22 nitrogen and oxygen atoms in total. The maximum Gasteiger partial charge on any atom is 0.573 e. The lowest BCUT2D eigenvalue weighted by Crippen LogP contribution is -2.49. The molecule has 30 heteroatoms. The molecule has 6 fully saturated rings. The van der Waals surface area contributed by atoms with Crippen molar-refractivity contribution in [1.82, 2.24) is 29.2 Å². The minimum atomic E-state index is -4.87. The molecule has 4 saturated carbocycles. The van der Waals surface area contributed by atoms with Gasteiger partial charge in [-0.05, 0) is 173 Å². The number of rotatable bonds is 28. The van der Waals surface area contributed by atoms with Crippen LogP contribution in [0.15, 0.2) is 87.0 Å². The van der Waals surface area contributed by atoms with Crippen LogP contribution in [0.1, 0.15) is 185 Å². The summed E-state index contributed by atoms with van der Waals surface area (Å²) in [5, 5.41) is 0.978. The zero-order valence-electron chi connectivity index (χ0n) is 62.3. The van der Waals surface area contributed by atoms with E-state index < -0.39 is 106 Å². The van der Waals surface area contributed by atoms with Gasteiger partial charge in [-0.25, -0.2) is 31.6 Å². The molecule has 6 heterocycles. The number of fused-ring (bicyclic) bond motifs is 6. The fourth-order valence-corrected chi connectivity index (χ4v) is 18.1. The van der Waals surface area contributed by atoms with E-state index in [0.717, 1.165) is 56.9 Å². The number of amides is 4. The van der Waals surface area contributed by atoms with Crippen LogP contribution in [0.3, 0.4) is 0 Å². The number of ether oxygens (including phenoxy) is 5. The number of aryl methyl sites for hydroxylation is 4. The number of halogens is 6. The van der Waals surface area contributed by atoms with E-state index >= 15 is 0 Å². The number of alkyl halides is 6. The Balaban J connectivity index is 0.000000197. The number of aromatic nitrogens is 2. The van der Waals surface area contributed by atoms with Crippen molar-refractivity contribution in [3.05, 3.63) is 110 Å². The van der Waals surface area contributed by atoms with E-state index in [2.05, 4.69) is 55.2 Å². The number of esters is 1. The Morgan fingerprint density at radius 1 is 0.620 bits per heavy atom. The van der Waals surface area contributed by atoms with Gasteiger partial charge in [0.1, 0.15) is 45.8 Å². The Hall–Kier alpha value is -8.12. The van der Waals surface area contributed by atoms with Crippen LogP contribution in [0.2, 0.25) is 0 Å². The number of pyridine rings is 2. The number of ketones is 1. The zero-order valence-corrected chi connectivity index (χ0v) is 64.0. The number of methoxy groups -OCH3 is 1. The third kappa shape index (κ3) is 17.8. The molecule has 0 bridgehead atoms. The van der Waals surface area contributed by atoms with Gasteiger partial charge in [-0.1, -0.05) is 63.8 Å². The van der Waals surface area contributed by atoms with Crippen LogP contribution in [0, 0.1) is 42.9 Å². The SMILES string of the molecule is C=CCCCCC[C@H](C)C(=O)N1C[C@@]2(CCc3c(c(C)nc4ccc(OC(F)(F)F)cc34)O2)C[C@H]1C(=O)C[C@]1(C(=O)NS(=O)(=O)C2(C)CC2)C[C@H]1C=C.C=CCCCCC[C@H](C)C(=O)N1C[C@@]2(CCc3c(c(C)nc4ccc(OC(F)(F)F)cc34)O2)C[C@H]1C(=O)OC.C=C[C@@H]1C[C@]1(N)C(=O)NS(=O)(=O)C1(C)CC1. The van der Waals surface area contributed by atoms with Crippen LogP contribution in [0.4, 0.5) is 26.3 Å². The van der Waals surface area contributed by atoms with Crippen molar-refractivity contribution in [1.29, 1.82) is 0 Å². The number of nitrogens with one attached hydrogen (secondary N) is 2. The minimum absolute atomic E-state index is 0.0913. The predicted octanol–water partition coefficient (Wildman–Crippen LogP) is 13.0. The smallest absolute Gasteiger partial charge is 0.483 e. The zero-order chi connectivity index (χ0) is 79.1. The molecule has 0 unspecified atom stereocenters. The molecule has 2 aromatic carbocycles. The molecule has 4 aromatic rings. The van der Waals surface area contributed by atoms with E-state index in [-0.39, 0.29) is 79.7 Å². The lowest BCUT2D eigenvalue weighted by molar-refractivity contribution is -0.275. The Morgan fingerprint density at radius 3 is 1.44 bits per heavy atom. The number of likely N-dealkylation sites (tertiary alicyclic amines) is 2. The number of nitrogens with two attached hydrogens (primary N) is 1. The molecular formula is C78H99F6N7O15S2. The summed E-state index contributed by atoms with van der Waals surface area (Å²) in [5.74, 6) is -3.52. The van der Waals surface area contributed by atoms with E-state index in [9.17, 15) is 71.9 Å². The van der Waals surface area contributed by atoms with E-state index in [0.29, 0.717) is 121 Å². The van der Waals surface area contributed by atoms with Crippen molar-refractivity contribution in [2.24, 2.45) is 34.8 Å². The summed E-state index contributed by atoms with van der Waals surface area (Å²) < 4.78 is 156. The first-order valence-corrected chi connectivity index (χ1v) is 39.9. The summed E-state index contributed by atoms with van der Waals surface area (Å²) in [5.41, 5.74) is 5.10. The quantitative estimate of drug-likeness (QED) is 0.0206. The highest BCUT2D eigenvalue weighted by Crippen LogP contribution is 2.58. The first-order chi connectivity index (χ1) is 50.6. The number of unbranched alkanes of at least 4 members (excludes halogenated alkanes) is 6. The van der Waals surface area contributed by atoms with Crippen LogP contribution >= 0.6 is 0 Å². The number of hydrogen-bond acceptors (Lipinski definition) is 18. The van der Waals surface area contributed by atoms with Crippen molar-refractivity contribution in [2.75, 3.05) is 20.2 Å². The van der Waals surface area contributed by atoms with Gasteiger partial charge in [-0.3, -0.25) is 33.4 Å². The Kier molecular flexibility index (Phi) is 23.9. The molecule has 108 heavy (non-hydrogen) atoms. The maximum absolute atomic E-state index is 14.4. The average molecular weight is 1550 g/mol. The number of nitrogens with zero attached hydrogens (tertiary/aromatic N) is 4. The largest absolute Gasteiger partial charge is 0.573 e. The van der Waals surface area contributed by atoms with Crippen molar-refractivity contribution < 1.29 is 95.6 Å². The molecule has 2 saturated heterocycles. The third-order valence-corrected chi connectivity index (χ3v) is 27.4. The maximum atomic E-state index is 14.4. The molecule has 8 aliphatic rings. The number of carbonyl (C=O) groups excluding carboxylic acids is 6. The topological polar surface area (TPSA) is 299 Å². The molecule has 4 aliphatic carbocycles. The summed E-state index contributed by atoms with van der Waals surface area (Å²) in [6, 6.07) is 6.32. The predicted molar refractivity (Wildman–Crippen MR) is 392 cm³/mol. The second kappa shape index (κ2) is 31.3. The van der Waals surface area contributed by atoms with Crippen LogP contribution in [0.25, 0.3) is 21.8 Å². The van der Waals surface area contributed by atoms with Gasteiger partial charge in [0.2, 0.25) is 37.8 Å². The molecule has 0 radical (unpaired) electrons. The molecular weight excluding hydrogens is 1450 g/mol. The summed E-state index contributed by atoms with van der Waals surface area (Å²) in [6.45, 7) is 25.6. The molecule has 4 aliphatic heterocycles. The summed E-state index contributed by atoms with van der Waals surface area (Å²) in [7, 11) is -6.22. The van der Waals surface area contributed by atoms with Crippen LogP contribution in [-0.4, -0.2) is 143 Å². The summed E-state index contributed by atoms with van der Waals surface area (Å²) in [6.07, 6.45) is 10.7. The third-order valence-electron chi connectivity index (χ3n) is 23.1. The van der Waals surface area contributed by atoms with Gasteiger partial charge in [-0.15, -0.1) is 52.7 Å². The molecule has 4 amide bonds. The minimum Gasteiger partial charge on any atom is -0.483 e. The van der Waals surface area contributed by atoms with Crippen molar-refractivity contribution in [2.45, 2.75) is 240 Å². The van der Waals surface area contributed by atoms with Crippen LogP contribution in [-0.2, 0) is 66.4 Å². The average Bonchev–Trinajstić information content (AvgIpc) is 1.60. The lowest BCUT2D eigenvalue weighted by atomic mass is 9.85. The van der Waals surface area contributed by atoms with Crippen LogP contribution in [0.5, 0.6) is 23.0 Å². The van der Waals surface area contributed by atoms with E-state index in [1.807, 2.05) is 26.0 Å². The van der Waals surface area contributed by atoms with Gasteiger partial charge < -0.3 is 39.2 Å². The second-order valence-corrected chi connectivity index (χ2v) is 35.7. The lowest BCUT2D eigenvalue weighted by Gasteiger charge is -2.36. The normalized spacial score (nSPS) is 25.9. The van der Waals surface area contributed by atoms with Gasteiger partial charge in [0, 0.05) is 58.9 Å². The van der Waals surface area contributed by atoms with Gasteiger partial charge in [0.05, 0.1) is 63.6 Å². The van der Waals surface area contributed by atoms with Gasteiger partial charge in [-0.2, -0.15) is 0 Å². The molecule has 2 spiro atoms. The van der Waals surface area contributed by atoms with Gasteiger partial charge >= 0.3 is 18.7 Å². The number of allylic oxidation sites excluding steroid dienone is 3. The number of carbonyl (C=O) groups is 6. The highest BCUT2D eigenvalue weighted by atomic mass is 32.2. The standard InChI is InChI=1S/C39H48F3N3O7S.C29H35F3N2O5.C10H16N2O3S/c1-6-8-9-10-11-12-24(3)34(47)45-23-37(16-15-28-29-19-27(51-39(40,41)42)13-14-30(29)43-25(4)33(28)52-37)21-31(45)32(46)22-38(20-26(38)7-2)35(48)44-53(49,50)36(5)17-18-36;1-5-6-7-8-9-10-18(2)26(35)34-17-28(16-24(34)27(36)37-4)14-13-21-22-15-20(38-29(30,31)32)11-12-23(22)33-19(3)25(21)39-28;1-3-7-6-10(7,11)8(13)12-16(14,15)9(2)4-5-9/h6-7,13-14,19,24,26,31H,1-2,8-12,15-18,20-23H2,3-5H3,(H,44,48);5,11-12,15,18,24H,1,6-10,13-14,16-17H2,2-4H3;3,7H,1,4-6,11H2,2H3,(H,12,13)/t24-,26+,31-,37+,38+;18-,24-,28+;7-,10-/m001/s1. The van der Waals surface area contributed by atoms with Gasteiger partial charge in [0.15, 0.2) is 5.78 Å². The molecule has 4 N–H and O–H groups in total. The molecule has 2 aromatic heterocycles. The number of hydrogen-bond donors (Lipinski definition) is 3. The Labute approximate surface area is 626 Å².